The van der Waals surface area contributed by atoms with Gasteiger partial charge in [-0.1, -0.05) is 23.6 Å². The highest BCUT2D eigenvalue weighted by molar-refractivity contribution is 8.13. The molecule has 0 N–H and O–H groups in total. The van der Waals surface area contributed by atoms with Crippen LogP contribution in [0.15, 0.2) is 12.4 Å². The Morgan fingerprint density at radius 1 is 1.39 bits per heavy atom. The Bertz CT molecular complexity index is 469. The lowest BCUT2D eigenvalue weighted by atomic mass is 10.3. The monoisotopic (exact) mass is 261 g/mol. The predicted octanol–water partition coefficient (Wildman–Crippen LogP) is 1.71. The Kier molecular flexibility index (Phi) is 4.59. The van der Waals surface area contributed by atoms with Crippen molar-refractivity contribution in [1.29, 1.82) is 0 Å². The third kappa shape index (κ3) is 3.74. The number of rotatable bonds is 2. The topological polar surface area (TPSA) is 46.1 Å². The van der Waals surface area contributed by atoms with Crippen LogP contribution in [0, 0.1) is 11.8 Å². The van der Waals surface area contributed by atoms with Gasteiger partial charge in [0.15, 0.2) is 5.12 Å². The van der Waals surface area contributed by atoms with Crippen molar-refractivity contribution in [2.45, 2.75) is 19.8 Å². The normalized spacial score (nSPS) is 14.2. The second-order valence-electron chi connectivity index (χ2n) is 4.05. The summed E-state index contributed by atoms with van der Waals surface area (Å²) in [6.45, 7) is 3.63. The van der Waals surface area contributed by atoms with Crippen LogP contribution in [-0.4, -0.2) is 33.9 Å². The van der Waals surface area contributed by atoms with Crippen LogP contribution >= 0.6 is 11.8 Å². The van der Waals surface area contributed by atoms with E-state index in [1.54, 1.807) is 19.3 Å². The fraction of sp³-hybridized carbons (Fsp3) is 0.462. The van der Waals surface area contributed by atoms with E-state index >= 15 is 0 Å². The van der Waals surface area contributed by atoms with Crippen molar-refractivity contribution < 1.29 is 4.79 Å². The smallest absolute Gasteiger partial charge is 0.225 e. The average molecular weight is 261 g/mol. The van der Waals surface area contributed by atoms with Gasteiger partial charge in [0, 0.05) is 32.4 Å². The van der Waals surface area contributed by atoms with Gasteiger partial charge in [-0.2, -0.15) is 0 Å². The molecule has 0 unspecified atom stereocenters. The van der Waals surface area contributed by atoms with Gasteiger partial charge in [-0.3, -0.25) is 4.79 Å². The number of nitrogens with zero attached hydrogens (tertiary/aromatic N) is 3. The van der Waals surface area contributed by atoms with Crippen LogP contribution in [0.5, 0.6) is 0 Å². The Labute approximate surface area is 111 Å². The molecule has 0 saturated carbocycles. The number of carbonyl (C=O) groups excluding carboxylic acids is 1. The highest BCUT2D eigenvalue weighted by Gasteiger charge is 2.13. The van der Waals surface area contributed by atoms with Crippen LogP contribution in [0.2, 0.25) is 0 Å². The second kappa shape index (κ2) is 6.41. The van der Waals surface area contributed by atoms with Crippen LogP contribution in [0.1, 0.15) is 25.3 Å². The highest BCUT2D eigenvalue weighted by Crippen LogP contribution is 2.14. The fourth-order valence-electron chi connectivity index (χ4n) is 1.74. The second-order valence-corrected chi connectivity index (χ2v) is 5.20. The van der Waals surface area contributed by atoms with Crippen LogP contribution in [0.25, 0.3) is 0 Å². The largest absolute Gasteiger partial charge is 0.341 e. The highest BCUT2D eigenvalue weighted by atomic mass is 32.2. The summed E-state index contributed by atoms with van der Waals surface area (Å²) in [7, 11) is 0. The zero-order valence-corrected chi connectivity index (χ0v) is 11.2. The number of thioether (sulfide) groups is 1. The summed E-state index contributed by atoms with van der Waals surface area (Å²) in [6.07, 6.45) is 5.92. The molecule has 0 bridgehead atoms. The molecule has 1 aromatic heterocycles. The van der Waals surface area contributed by atoms with Gasteiger partial charge >= 0.3 is 0 Å². The first kappa shape index (κ1) is 12.9. The molecular formula is C13H15N3OS. The minimum Gasteiger partial charge on any atom is -0.341 e. The number of anilines is 1. The van der Waals surface area contributed by atoms with Gasteiger partial charge in [-0.15, -0.1) is 0 Å². The average Bonchev–Trinajstić information content (AvgIpc) is 2.89. The molecule has 1 saturated heterocycles. The zero-order valence-electron chi connectivity index (χ0n) is 10.3. The van der Waals surface area contributed by atoms with E-state index in [0.717, 1.165) is 24.6 Å². The quantitative estimate of drug-likeness (QED) is 0.758. The van der Waals surface area contributed by atoms with E-state index in [2.05, 4.69) is 26.7 Å². The summed E-state index contributed by atoms with van der Waals surface area (Å²) in [6, 6.07) is 0. The van der Waals surface area contributed by atoms with Crippen molar-refractivity contribution in [3.63, 3.8) is 0 Å². The zero-order chi connectivity index (χ0) is 12.8. The molecule has 1 aromatic rings. The summed E-state index contributed by atoms with van der Waals surface area (Å²) in [5.74, 6) is 7.18. The van der Waals surface area contributed by atoms with Crippen molar-refractivity contribution in [2.75, 3.05) is 23.7 Å². The Hall–Kier alpha value is -1.54. The minimum atomic E-state index is 0.0879. The molecule has 1 aliphatic heterocycles. The van der Waals surface area contributed by atoms with Crippen molar-refractivity contribution in [3.8, 4) is 11.8 Å². The van der Waals surface area contributed by atoms with E-state index < -0.39 is 0 Å². The van der Waals surface area contributed by atoms with Gasteiger partial charge in [0.1, 0.15) is 0 Å². The Balaban J connectivity index is 1.92. The standard InChI is InChI=1S/C13H15N3OS/c1-11(17)18-8-4-5-12-9-14-13(15-10-12)16-6-2-3-7-16/h9-10H,2-3,6-8H2,1H3. The Morgan fingerprint density at radius 2 is 2.06 bits per heavy atom. The van der Waals surface area contributed by atoms with E-state index in [1.807, 2.05) is 0 Å². The van der Waals surface area contributed by atoms with E-state index in [4.69, 9.17) is 0 Å². The van der Waals surface area contributed by atoms with Gasteiger partial charge < -0.3 is 4.90 Å². The molecule has 1 aliphatic rings. The first-order valence-corrected chi connectivity index (χ1v) is 6.93. The maximum Gasteiger partial charge on any atom is 0.225 e. The lowest BCUT2D eigenvalue weighted by Gasteiger charge is -2.13. The summed E-state index contributed by atoms with van der Waals surface area (Å²) in [5.41, 5.74) is 0.794. The first-order valence-electron chi connectivity index (χ1n) is 5.95. The third-order valence-corrected chi connectivity index (χ3v) is 3.30. The summed E-state index contributed by atoms with van der Waals surface area (Å²) < 4.78 is 0. The Morgan fingerprint density at radius 3 is 2.67 bits per heavy atom. The molecule has 0 atom stereocenters. The first-order chi connectivity index (χ1) is 8.75. The molecule has 94 valence electrons. The number of carbonyl (C=O) groups is 1. The molecule has 0 amide bonds. The number of hydrogen-bond donors (Lipinski definition) is 0. The van der Waals surface area contributed by atoms with Crippen molar-refractivity contribution >= 4 is 22.8 Å². The molecule has 0 spiro atoms. The van der Waals surface area contributed by atoms with Crippen LogP contribution < -0.4 is 4.90 Å². The molecule has 18 heavy (non-hydrogen) atoms. The summed E-state index contributed by atoms with van der Waals surface area (Å²) in [4.78, 5) is 21.5. The number of aromatic nitrogens is 2. The fourth-order valence-corrected chi connectivity index (χ4v) is 2.09. The molecule has 1 fully saturated rings. The lowest BCUT2D eigenvalue weighted by Crippen LogP contribution is -2.20. The van der Waals surface area contributed by atoms with E-state index in [1.165, 1.54) is 24.6 Å². The number of hydrogen-bond acceptors (Lipinski definition) is 5. The van der Waals surface area contributed by atoms with Crippen molar-refractivity contribution in [3.05, 3.63) is 18.0 Å². The lowest BCUT2D eigenvalue weighted by molar-refractivity contribution is -0.109. The molecule has 5 heteroatoms. The van der Waals surface area contributed by atoms with Crippen LogP contribution in [-0.2, 0) is 4.79 Å². The van der Waals surface area contributed by atoms with E-state index in [-0.39, 0.29) is 5.12 Å². The maximum atomic E-state index is 10.7. The maximum absolute atomic E-state index is 10.7. The SMILES string of the molecule is CC(=O)SCC#Cc1cnc(N2CCCC2)nc1. The van der Waals surface area contributed by atoms with E-state index in [0.29, 0.717) is 5.75 Å². The molecule has 0 radical (unpaired) electrons. The van der Waals surface area contributed by atoms with Crippen molar-refractivity contribution in [2.24, 2.45) is 0 Å². The predicted molar refractivity (Wildman–Crippen MR) is 73.5 cm³/mol. The van der Waals surface area contributed by atoms with Gasteiger partial charge in [-0.25, -0.2) is 9.97 Å². The van der Waals surface area contributed by atoms with Gasteiger partial charge in [0.2, 0.25) is 5.95 Å². The third-order valence-electron chi connectivity index (χ3n) is 2.61. The van der Waals surface area contributed by atoms with Crippen molar-refractivity contribution in [1.82, 2.24) is 9.97 Å². The molecule has 2 rings (SSSR count). The van der Waals surface area contributed by atoms with Crippen LogP contribution in [0.3, 0.4) is 0 Å². The minimum absolute atomic E-state index is 0.0879. The molecule has 4 nitrogen and oxygen atoms in total. The van der Waals surface area contributed by atoms with Gasteiger partial charge in [0.05, 0.1) is 11.3 Å². The van der Waals surface area contributed by atoms with Gasteiger partial charge in [-0.05, 0) is 12.8 Å². The molecule has 0 aromatic carbocycles. The van der Waals surface area contributed by atoms with E-state index in [9.17, 15) is 4.79 Å². The van der Waals surface area contributed by atoms with Gasteiger partial charge in [0.25, 0.3) is 0 Å². The molecular weight excluding hydrogens is 246 g/mol. The summed E-state index contributed by atoms with van der Waals surface area (Å²) in [5, 5.41) is 0.0879. The van der Waals surface area contributed by atoms with Crippen LogP contribution in [0.4, 0.5) is 5.95 Å². The molecule has 2 heterocycles. The summed E-state index contributed by atoms with van der Waals surface area (Å²) >= 11 is 1.21. The molecule has 0 aliphatic carbocycles.